The van der Waals surface area contributed by atoms with Crippen molar-refractivity contribution in [2.75, 3.05) is 19.1 Å². The zero-order valence-electron chi connectivity index (χ0n) is 22.1. The summed E-state index contributed by atoms with van der Waals surface area (Å²) in [5.74, 6) is 2.27. The predicted molar refractivity (Wildman–Crippen MR) is 142 cm³/mol. The van der Waals surface area contributed by atoms with Gasteiger partial charge in [-0.05, 0) is 57.5 Å². The van der Waals surface area contributed by atoms with Crippen LogP contribution in [0.2, 0.25) is 0 Å². The molecule has 0 radical (unpaired) electrons. The minimum Gasteiger partial charge on any atom is -0.497 e. The topological polar surface area (TPSA) is 82.4 Å². The molecule has 4 aromatic rings. The molecule has 1 aliphatic rings. The predicted octanol–water partition coefficient (Wildman–Crippen LogP) is 4.98. The third-order valence-electron chi connectivity index (χ3n) is 6.80. The van der Waals surface area contributed by atoms with E-state index in [0.717, 1.165) is 33.8 Å². The summed E-state index contributed by atoms with van der Waals surface area (Å²) in [6.45, 7) is 8.30. The Hall–Kier alpha value is -4.20. The second-order valence-electron chi connectivity index (χ2n) is 9.52. The van der Waals surface area contributed by atoms with Gasteiger partial charge in [-0.3, -0.25) is 9.69 Å². The van der Waals surface area contributed by atoms with Crippen LogP contribution < -0.4 is 14.4 Å². The molecule has 1 amide bonds. The van der Waals surface area contributed by atoms with Crippen molar-refractivity contribution >= 4 is 11.7 Å². The van der Waals surface area contributed by atoms with Gasteiger partial charge in [-0.1, -0.05) is 29.8 Å². The summed E-state index contributed by atoms with van der Waals surface area (Å²) in [4.78, 5) is 25.0. The Morgan fingerprint density at radius 2 is 1.62 bits per heavy atom. The fraction of sp³-hybridized carbons (Fsp3) is 0.310. The first kappa shape index (κ1) is 24.5. The van der Waals surface area contributed by atoms with Crippen LogP contribution in [0.5, 0.6) is 11.5 Å². The highest BCUT2D eigenvalue weighted by Crippen LogP contribution is 2.46. The first-order chi connectivity index (χ1) is 17.8. The number of aromatic nitrogens is 4. The number of carbonyl (C=O) groups excluding carboxylic acids is 1. The van der Waals surface area contributed by atoms with Crippen LogP contribution in [-0.4, -0.2) is 39.9 Å². The van der Waals surface area contributed by atoms with Crippen molar-refractivity contribution < 1.29 is 14.3 Å². The molecule has 0 saturated heterocycles. The normalized spacial score (nSPS) is 15.0. The quantitative estimate of drug-likeness (QED) is 0.374. The number of nitrogens with zero attached hydrogens (tertiary/aromatic N) is 5. The van der Waals surface area contributed by atoms with Gasteiger partial charge in [0.25, 0.3) is 5.95 Å². The molecule has 37 heavy (non-hydrogen) atoms. The molecule has 0 spiro atoms. The summed E-state index contributed by atoms with van der Waals surface area (Å²) in [7, 11) is 3.27. The lowest BCUT2D eigenvalue weighted by Crippen LogP contribution is -2.38. The van der Waals surface area contributed by atoms with Crippen LogP contribution in [0.1, 0.15) is 51.7 Å². The molecule has 190 valence electrons. The first-order valence-corrected chi connectivity index (χ1v) is 12.3. The molecular formula is C29H31N5O3. The number of hydrogen-bond acceptors (Lipinski definition) is 6. The summed E-state index contributed by atoms with van der Waals surface area (Å²) in [5.41, 5.74) is 6.54. The van der Waals surface area contributed by atoms with Gasteiger partial charge in [0.15, 0.2) is 0 Å². The second kappa shape index (κ2) is 9.69. The van der Waals surface area contributed by atoms with E-state index in [9.17, 15) is 4.79 Å². The number of carbonyl (C=O) groups is 1. The lowest BCUT2D eigenvalue weighted by Gasteiger charge is -2.33. The van der Waals surface area contributed by atoms with Gasteiger partial charge in [0.1, 0.15) is 17.3 Å². The zero-order valence-corrected chi connectivity index (χ0v) is 22.1. The molecule has 0 saturated carbocycles. The van der Waals surface area contributed by atoms with Crippen LogP contribution in [-0.2, 0) is 11.3 Å². The number of methoxy groups -OCH3 is 2. The Kier molecular flexibility index (Phi) is 6.41. The molecule has 2 aromatic carbocycles. The summed E-state index contributed by atoms with van der Waals surface area (Å²) in [6.07, 6.45) is 0.280. The van der Waals surface area contributed by atoms with Gasteiger partial charge in [-0.15, -0.1) is 0 Å². The average Bonchev–Trinajstić information content (AvgIpc) is 3.23. The number of amides is 1. The molecule has 1 unspecified atom stereocenters. The molecule has 0 N–H and O–H groups in total. The van der Waals surface area contributed by atoms with Gasteiger partial charge < -0.3 is 9.47 Å². The largest absolute Gasteiger partial charge is 0.497 e. The SMILES string of the molecule is COc1ccc(OC)c(C2CC(=O)N(Cc3ccc(C)cc3)c3c2c(C)nn3-c2nc(C)cc(C)n2)c1. The van der Waals surface area contributed by atoms with E-state index in [2.05, 4.69) is 41.2 Å². The van der Waals surface area contributed by atoms with Crippen LogP contribution in [0.25, 0.3) is 5.95 Å². The van der Waals surface area contributed by atoms with Crippen molar-refractivity contribution in [1.29, 1.82) is 0 Å². The highest BCUT2D eigenvalue weighted by Gasteiger charge is 2.39. The van der Waals surface area contributed by atoms with Gasteiger partial charge in [-0.25, -0.2) is 9.97 Å². The Bertz CT molecular complexity index is 1460. The summed E-state index contributed by atoms with van der Waals surface area (Å²) < 4.78 is 12.9. The molecule has 1 atom stereocenters. The maximum absolute atomic E-state index is 13.9. The van der Waals surface area contributed by atoms with Crippen LogP contribution in [0.15, 0.2) is 48.5 Å². The third kappa shape index (κ3) is 4.55. The first-order valence-electron chi connectivity index (χ1n) is 12.3. The second-order valence-corrected chi connectivity index (χ2v) is 9.52. The van der Waals surface area contributed by atoms with Crippen molar-refractivity contribution in [3.63, 3.8) is 0 Å². The fourth-order valence-corrected chi connectivity index (χ4v) is 5.06. The molecule has 3 heterocycles. The van der Waals surface area contributed by atoms with Gasteiger partial charge >= 0.3 is 0 Å². The fourth-order valence-electron chi connectivity index (χ4n) is 5.06. The average molecular weight is 498 g/mol. The smallest absolute Gasteiger partial charge is 0.252 e. The Labute approximate surface area is 216 Å². The standard InChI is InChI=1S/C29H31N5O3/c1-17-7-9-21(10-8-17)16-33-26(35)15-24(23-14-22(36-5)11-12-25(23)37-6)27-20(4)32-34(28(27)33)29-30-18(2)13-19(3)31-29/h7-14,24H,15-16H2,1-6H3. The monoisotopic (exact) mass is 497 g/mol. The highest BCUT2D eigenvalue weighted by molar-refractivity contribution is 5.97. The van der Waals surface area contributed by atoms with E-state index in [-0.39, 0.29) is 18.2 Å². The number of ether oxygens (including phenoxy) is 2. The Morgan fingerprint density at radius 1 is 0.919 bits per heavy atom. The van der Waals surface area contributed by atoms with Crippen molar-refractivity contribution in [3.05, 3.63) is 87.9 Å². The molecule has 0 aliphatic carbocycles. The van der Waals surface area contributed by atoms with E-state index in [4.69, 9.17) is 14.6 Å². The third-order valence-corrected chi connectivity index (χ3v) is 6.80. The van der Waals surface area contributed by atoms with E-state index >= 15 is 0 Å². The number of anilines is 1. The van der Waals surface area contributed by atoms with Gasteiger partial charge in [-0.2, -0.15) is 9.78 Å². The summed E-state index contributed by atoms with van der Waals surface area (Å²) in [6, 6.07) is 15.8. The Morgan fingerprint density at radius 3 is 2.27 bits per heavy atom. The maximum atomic E-state index is 13.9. The van der Waals surface area contributed by atoms with Crippen molar-refractivity contribution in [2.24, 2.45) is 0 Å². The van der Waals surface area contributed by atoms with Gasteiger partial charge in [0, 0.05) is 34.9 Å². The van der Waals surface area contributed by atoms with Crippen LogP contribution in [0.3, 0.4) is 0 Å². The van der Waals surface area contributed by atoms with Gasteiger partial charge in [0.2, 0.25) is 5.91 Å². The zero-order chi connectivity index (χ0) is 26.3. The number of rotatable bonds is 6. The molecule has 0 bridgehead atoms. The van der Waals surface area contributed by atoms with E-state index in [1.54, 1.807) is 18.9 Å². The number of benzene rings is 2. The van der Waals surface area contributed by atoms with E-state index in [1.807, 2.05) is 49.9 Å². The van der Waals surface area contributed by atoms with Crippen LogP contribution in [0, 0.1) is 27.7 Å². The molecular weight excluding hydrogens is 466 g/mol. The van der Waals surface area contributed by atoms with Gasteiger partial charge in [0.05, 0.1) is 26.5 Å². The lowest BCUT2D eigenvalue weighted by atomic mass is 9.84. The van der Waals surface area contributed by atoms with Crippen molar-refractivity contribution in [3.8, 4) is 17.4 Å². The molecule has 0 fully saturated rings. The van der Waals surface area contributed by atoms with E-state index < -0.39 is 0 Å². The van der Waals surface area contributed by atoms with Crippen molar-refractivity contribution in [1.82, 2.24) is 19.7 Å². The number of hydrogen-bond donors (Lipinski definition) is 0. The van der Waals surface area contributed by atoms with Crippen LogP contribution in [0.4, 0.5) is 5.82 Å². The van der Waals surface area contributed by atoms with Crippen LogP contribution >= 0.6 is 0 Å². The minimum atomic E-state index is -0.263. The lowest BCUT2D eigenvalue weighted by molar-refractivity contribution is -0.119. The summed E-state index contributed by atoms with van der Waals surface area (Å²) in [5, 5.41) is 4.88. The van der Waals surface area contributed by atoms with E-state index in [0.29, 0.717) is 29.8 Å². The molecule has 8 heteroatoms. The highest BCUT2D eigenvalue weighted by atomic mass is 16.5. The summed E-state index contributed by atoms with van der Waals surface area (Å²) >= 11 is 0. The van der Waals surface area contributed by atoms with E-state index in [1.165, 1.54) is 5.56 Å². The molecule has 2 aromatic heterocycles. The number of aryl methyl sites for hydroxylation is 4. The minimum absolute atomic E-state index is 0.00604. The molecule has 5 rings (SSSR count). The van der Waals surface area contributed by atoms with Crippen molar-refractivity contribution in [2.45, 2.75) is 46.6 Å². The Balaban J connectivity index is 1.73. The molecule has 1 aliphatic heterocycles. The maximum Gasteiger partial charge on any atom is 0.252 e. The molecule has 8 nitrogen and oxygen atoms in total. The number of fused-ring (bicyclic) bond motifs is 1.